The van der Waals surface area contributed by atoms with E-state index < -0.39 is 0 Å². The van der Waals surface area contributed by atoms with Gasteiger partial charge >= 0.3 is 0 Å². The van der Waals surface area contributed by atoms with Crippen LogP contribution in [0.15, 0.2) is 41.4 Å². The van der Waals surface area contributed by atoms with E-state index >= 15 is 0 Å². The summed E-state index contributed by atoms with van der Waals surface area (Å²) in [6, 6.07) is 12.5. The second kappa shape index (κ2) is 6.26. The van der Waals surface area contributed by atoms with Crippen molar-refractivity contribution < 1.29 is 0 Å². The van der Waals surface area contributed by atoms with Crippen LogP contribution in [-0.2, 0) is 7.05 Å². The number of nitrogens with two attached hydrogens (primary N) is 1. The predicted octanol–water partition coefficient (Wildman–Crippen LogP) is 3.30. The standard InChI is InChI=1S/C15H21N3S/c1-4-13(15(16)12-8-6-5-7-9-12)19-14-10-11(2)17-18(14)3/h5-10,13,15H,4,16H2,1-3H3. The van der Waals surface area contributed by atoms with E-state index in [0.717, 1.165) is 12.1 Å². The zero-order chi connectivity index (χ0) is 13.8. The third-order valence-corrected chi connectivity index (χ3v) is 4.77. The molecule has 102 valence electrons. The van der Waals surface area contributed by atoms with E-state index in [9.17, 15) is 0 Å². The van der Waals surface area contributed by atoms with Crippen molar-refractivity contribution in [3.63, 3.8) is 0 Å². The third-order valence-electron chi connectivity index (χ3n) is 3.22. The molecule has 2 aromatic rings. The minimum absolute atomic E-state index is 0.0476. The van der Waals surface area contributed by atoms with Gasteiger partial charge in [-0.1, -0.05) is 37.3 Å². The summed E-state index contributed by atoms with van der Waals surface area (Å²) in [5.74, 6) is 0. The molecule has 19 heavy (non-hydrogen) atoms. The smallest absolute Gasteiger partial charge is 0.0942 e. The Morgan fingerprint density at radius 2 is 2.00 bits per heavy atom. The van der Waals surface area contributed by atoms with E-state index in [-0.39, 0.29) is 6.04 Å². The molecule has 2 unspecified atom stereocenters. The van der Waals surface area contributed by atoms with Gasteiger partial charge in [0.25, 0.3) is 0 Å². The summed E-state index contributed by atoms with van der Waals surface area (Å²) in [4.78, 5) is 0. The van der Waals surface area contributed by atoms with Crippen LogP contribution >= 0.6 is 11.8 Å². The van der Waals surface area contributed by atoms with Crippen LogP contribution in [0.5, 0.6) is 0 Å². The number of aromatic nitrogens is 2. The van der Waals surface area contributed by atoms with Gasteiger partial charge in [-0.2, -0.15) is 5.10 Å². The van der Waals surface area contributed by atoms with Gasteiger partial charge in [0.05, 0.1) is 10.7 Å². The molecule has 1 aromatic heterocycles. The van der Waals surface area contributed by atoms with E-state index in [4.69, 9.17) is 5.73 Å². The number of benzene rings is 1. The highest BCUT2D eigenvalue weighted by Gasteiger charge is 2.20. The van der Waals surface area contributed by atoms with Crippen molar-refractivity contribution in [3.05, 3.63) is 47.7 Å². The highest BCUT2D eigenvalue weighted by Crippen LogP contribution is 2.32. The van der Waals surface area contributed by atoms with E-state index in [1.54, 1.807) is 0 Å². The molecule has 0 spiro atoms. The Hall–Kier alpha value is -1.26. The third kappa shape index (κ3) is 3.39. The van der Waals surface area contributed by atoms with Gasteiger partial charge < -0.3 is 5.73 Å². The summed E-state index contributed by atoms with van der Waals surface area (Å²) >= 11 is 1.81. The van der Waals surface area contributed by atoms with Gasteiger partial charge in [-0.3, -0.25) is 4.68 Å². The van der Waals surface area contributed by atoms with Crippen molar-refractivity contribution in [2.75, 3.05) is 0 Å². The fourth-order valence-corrected chi connectivity index (χ4v) is 3.37. The maximum absolute atomic E-state index is 6.40. The molecular formula is C15H21N3S. The average Bonchev–Trinajstić information content (AvgIpc) is 2.74. The monoisotopic (exact) mass is 275 g/mol. The summed E-state index contributed by atoms with van der Waals surface area (Å²) in [6.45, 7) is 4.20. The molecule has 3 nitrogen and oxygen atoms in total. The molecule has 0 bridgehead atoms. The largest absolute Gasteiger partial charge is 0.323 e. The lowest BCUT2D eigenvalue weighted by atomic mass is 10.0. The van der Waals surface area contributed by atoms with Gasteiger partial charge in [0.1, 0.15) is 0 Å². The summed E-state index contributed by atoms with van der Waals surface area (Å²) in [5, 5.41) is 5.92. The maximum atomic E-state index is 6.40. The van der Waals surface area contributed by atoms with Crippen molar-refractivity contribution in [2.24, 2.45) is 12.8 Å². The first-order chi connectivity index (χ1) is 9.11. The second-order valence-electron chi connectivity index (χ2n) is 4.75. The first-order valence-electron chi connectivity index (χ1n) is 6.59. The molecule has 0 saturated carbocycles. The molecule has 0 aliphatic rings. The maximum Gasteiger partial charge on any atom is 0.0942 e. The number of hydrogen-bond donors (Lipinski definition) is 1. The average molecular weight is 275 g/mol. The lowest BCUT2D eigenvalue weighted by molar-refractivity contribution is 0.645. The van der Waals surface area contributed by atoms with Crippen molar-refractivity contribution in [2.45, 2.75) is 36.6 Å². The zero-order valence-corrected chi connectivity index (χ0v) is 12.5. The Labute approximate surface area is 119 Å². The number of rotatable bonds is 5. The van der Waals surface area contributed by atoms with Gasteiger partial charge in [-0.05, 0) is 25.0 Å². The molecule has 0 amide bonds. The topological polar surface area (TPSA) is 43.8 Å². The Morgan fingerprint density at radius 1 is 1.32 bits per heavy atom. The lowest BCUT2D eigenvalue weighted by Gasteiger charge is -2.22. The van der Waals surface area contributed by atoms with E-state index in [0.29, 0.717) is 5.25 Å². The summed E-state index contributed by atoms with van der Waals surface area (Å²) in [5.41, 5.74) is 8.65. The molecule has 0 fully saturated rings. The summed E-state index contributed by atoms with van der Waals surface area (Å²) in [6.07, 6.45) is 1.03. The number of nitrogens with zero attached hydrogens (tertiary/aromatic N) is 2. The molecule has 1 aromatic carbocycles. The van der Waals surface area contributed by atoms with Gasteiger partial charge in [-0.15, -0.1) is 11.8 Å². The van der Waals surface area contributed by atoms with Crippen molar-refractivity contribution in [3.8, 4) is 0 Å². The van der Waals surface area contributed by atoms with Crippen LogP contribution in [0.4, 0.5) is 0 Å². The molecule has 0 aliphatic heterocycles. The minimum Gasteiger partial charge on any atom is -0.323 e. The molecule has 1 heterocycles. The van der Waals surface area contributed by atoms with E-state index in [1.807, 2.05) is 48.6 Å². The highest BCUT2D eigenvalue weighted by molar-refractivity contribution is 7.99. The Bertz CT molecular complexity index is 521. The van der Waals surface area contributed by atoms with Crippen LogP contribution in [0, 0.1) is 6.92 Å². The molecule has 0 aliphatic carbocycles. The lowest BCUT2D eigenvalue weighted by Crippen LogP contribution is -2.23. The van der Waals surface area contributed by atoms with Crippen LogP contribution < -0.4 is 5.73 Å². The van der Waals surface area contributed by atoms with Crippen LogP contribution in [0.1, 0.15) is 30.6 Å². The Balaban J connectivity index is 2.14. The van der Waals surface area contributed by atoms with Crippen molar-refractivity contribution in [1.82, 2.24) is 9.78 Å². The summed E-state index contributed by atoms with van der Waals surface area (Å²) in [7, 11) is 1.98. The van der Waals surface area contributed by atoms with Gasteiger partial charge in [0.2, 0.25) is 0 Å². The Morgan fingerprint density at radius 3 is 2.53 bits per heavy atom. The van der Waals surface area contributed by atoms with Crippen LogP contribution in [0.3, 0.4) is 0 Å². The van der Waals surface area contributed by atoms with Crippen LogP contribution in [0.2, 0.25) is 0 Å². The first kappa shape index (κ1) is 14.2. The van der Waals surface area contributed by atoms with Crippen molar-refractivity contribution >= 4 is 11.8 Å². The quantitative estimate of drug-likeness (QED) is 0.851. The van der Waals surface area contributed by atoms with Crippen molar-refractivity contribution in [1.29, 1.82) is 0 Å². The van der Waals surface area contributed by atoms with E-state index in [2.05, 4.69) is 30.2 Å². The molecule has 4 heteroatoms. The number of hydrogen-bond acceptors (Lipinski definition) is 3. The molecule has 2 rings (SSSR count). The number of thioether (sulfide) groups is 1. The molecule has 0 saturated heterocycles. The molecule has 2 atom stereocenters. The first-order valence-corrected chi connectivity index (χ1v) is 7.47. The molecule has 0 radical (unpaired) electrons. The predicted molar refractivity (Wildman–Crippen MR) is 81.3 cm³/mol. The second-order valence-corrected chi connectivity index (χ2v) is 6.01. The van der Waals surface area contributed by atoms with Gasteiger partial charge in [-0.25, -0.2) is 0 Å². The normalized spacial score (nSPS) is 14.3. The Kier molecular flexibility index (Phi) is 4.66. The fourth-order valence-electron chi connectivity index (χ4n) is 2.15. The SMILES string of the molecule is CCC(Sc1cc(C)nn1C)C(N)c1ccccc1. The summed E-state index contributed by atoms with van der Waals surface area (Å²) < 4.78 is 1.93. The van der Waals surface area contributed by atoms with Gasteiger partial charge in [0, 0.05) is 18.3 Å². The van der Waals surface area contributed by atoms with Gasteiger partial charge in [0.15, 0.2) is 0 Å². The highest BCUT2D eigenvalue weighted by atomic mass is 32.2. The molecule has 2 N–H and O–H groups in total. The van der Waals surface area contributed by atoms with Crippen LogP contribution in [0.25, 0.3) is 0 Å². The number of aryl methyl sites for hydroxylation is 2. The fraction of sp³-hybridized carbons (Fsp3) is 0.400. The van der Waals surface area contributed by atoms with E-state index in [1.165, 1.54) is 10.6 Å². The minimum atomic E-state index is 0.0476. The zero-order valence-electron chi connectivity index (χ0n) is 11.7. The molecular weight excluding hydrogens is 254 g/mol. The van der Waals surface area contributed by atoms with Crippen LogP contribution in [-0.4, -0.2) is 15.0 Å².